The lowest BCUT2D eigenvalue weighted by molar-refractivity contribution is 0.332. The lowest BCUT2D eigenvalue weighted by Crippen LogP contribution is -2.19. The number of methoxy groups -OCH3 is 1. The number of fused-ring (bicyclic) bond motifs is 1. The van der Waals surface area contributed by atoms with Crippen LogP contribution in [0.1, 0.15) is 25.3 Å². The number of hydrogen-bond acceptors (Lipinski definition) is 4. The van der Waals surface area contributed by atoms with Crippen LogP contribution in [0.3, 0.4) is 0 Å². The Morgan fingerprint density at radius 1 is 1.24 bits per heavy atom. The third-order valence-electron chi connectivity index (χ3n) is 4.04. The fourth-order valence-corrected chi connectivity index (χ4v) is 2.94. The first-order valence-corrected chi connectivity index (χ1v) is 7.74. The Morgan fingerprint density at radius 3 is 2.76 bits per heavy atom. The van der Waals surface area contributed by atoms with Gasteiger partial charge in [-0.1, -0.05) is 0 Å². The molecule has 0 bridgehead atoms. The van der Waals surface area contributed by atoms with Crippen LogP contribution in [0.2, 0.25) is 0 Å². The molecule has 1 aliphatic heterocycles. The molecule has 4 heteroatoms. The van der Waals surface area contributed by atoms with E-state index in [-0.39, 0.29) is 0 Å². The highest BCUT2D eigenvalue weighted by Gasteiger charge is 2.15. The monoisotopic (exact) mass is 285 g/mol. The third kappa shape index (κ3) is 3.10. The van der Waals surface area contributed by atoms with E-state index < -0.39 is 0 Å². The molecule has 1 saturated heterocycles. The molecule has 0 radical (unpaired) electrons. The molecule has 1 aliphatic rings. The molecule has 2 heterocycles. The van der Waals surface area contributed by atoms with Crippen LogP contribution in [0.25, 0.3) is 10.9 Å². The molecule has 0 spiro atoms. The summed E-state index contributed by atoms with van der Waals surface area (Å²) >= 11 is 0. The van der Waals surface area contributed by atoms with Gasteiger partial charge in [0.1, 0.15) is 11.6 Å². The number of aromatic nitrogens is 1. The zero-order valence-corrected chi connectivity index (χ0v) is 12.9. The minimum atomic E-state index is 0.852. The van der Waals surface area contributed by atoms with Gasteiger partial charge in [-0.15, -0.1) is 0 Å². The van der Waals surface area contributed by atoms with Gasteiger partial charge in [0, 0.05) is 30.1 Å². The highest BCUT2D eigenvalue weighted by molar-refractivity contribution is 5.83. The van der Waals surface area contributed by atoms with E-state index in [1.54, 1.807) is 7.11 Å². The maximum Gasteiger partial charge on any atom is 0.131 e. The maximum atomic E-state index is 5.29. The molecule has 4 nitrogen and oxygen atoms in total. The van der Waals surface area contributed by atoms with Crippen LogP contribution in [0.5, 0.6) is 5.75 Å². The number of nitrogens with one attached hydrogen (secondary N) is 1. The number of benzene rings is 1. The van der Waals surface area contributed by atoms with Crippen molar-refractivity contribution in [3.05, 3.63) is 29.8 Å². The molecule has 0 amide bonds. The molecule has 1 aromatic heterocycles. The molecular formula is C17H23N3O. The van der Waals surface area contributed by atoms with Crippen molar-refractivity contribution < 1.29 is 4.74 Å². The molecule has 1 aromatic carbocycles. The van der Waals surface area contributed by atoms with E-state index in [9.17, 15) is 0 Å². The summed E-state index contributed by atoms with van der Waals surface area (Å²) in [4.78, 5) is 7.30. The number of anilines is 1. The van der Waals surface area contributed by atoms with Crippen molar-refractivity contribution in [2.45, 2.75) is 26.3 Å². The molecular weight excluding hydrogens is 262 g/mol. The predicted molar refractivity (Wildman–Crippen MR) is 87.0 cm³/mol. The zero-order valence-electron chi connectivity index (χ0n) is 12.9. The Morgan fingerprint density at radius 2 is 2.05 bits per heavy atom. The van der Waals surface area contributed by atoms with Gasteiger partial charge in [-0.05, 0) is 51.1 Å². The summed E-state index contributed by atoms with van der Waals surface area (Å²) < 4.78 is 5.29. The van der Waals surface area contributed by atoms with Gasteiger partial charge in [0.2, 0.25) is 0 Å². The normalized spacial score (nSPS) is 15.5. The minimum Gasteiger partial charge on any atom is -0.497 e. The second-order valence-electron chi connectivity index (χ2n) is 5.57. The Hall–Kier alpha value is -1.81. The summed E-state index contributed by atoms with van der Waals surface area (Å²) in [6.45, 7) is 6.38. The Labute approximate surface area is 126 Å². The van der Waals surface area contributed by atoms with E-state index in [4.69, 9.17) is 9.72 Å². The van der Waals surface area contributed by atoms with Crippen molar-refractivity contribution in [2.75, 3.05) is 32.1 Å². The zero-order chi connectivity index (χ0) is 14.7. The number of likely N-dealkylation sites (tertiary alicyclic amines) is 1. The summed E-state index contributed by atoms with van der Waals surface area (Å²) in [5, 5.41) is 4.57. The van der Waals surface area contributed by atoms with Gasteiger partial charge in [0.25, 0.3) is 0 Å². The molecule has 2 aromatic rings. The number of ether oxygens (including phenoxy) is 1. The molecule has 1 fully saturated rings. The smallest absolute Gasteiger partial charge is 0.131 e. The van der Waals surface area contributed by atoms with Gasteiger partial charge in [-0.3, -0.25) is 4.90 Å². The fourth-order valence-electron chi connectivity index (χ4n) is 2.94. The van der Waals surface area contributed by atoms with E-state index in [1.807, 2.05) is 12.1 Å². The largest absolute Gasteiger partial charge is 0.497 e. The van der Waals surface area contributed by atoms with Crippen molar-refractivity contribution in [3.8, 4) is 5.75 Å². The van der Waals surface area contributed by atoms with Crippen LogP contribution >= 0.6 is 0 Å². The Kier molecular flexibility index (Phi) is 4.25. The van der Waals surface area contributed by atoms with Crippen LogP contribution in [0, 0.1) is 0 Å². The average molecular weight is 285 g/mol. The first-order valence-electron chi connectivity index (χ1n) is 7.74. The summed E-state index contributed by atoms with van der Waals surface area (Å²) in [5.74, 6) is 1.86. The molecule has 1 N–H and O–H groups in total. The molecule has 0 atom stereocenters. The second kappa shape index (κ2) is 6.31. The molecule has 21 heavy (non-hydrogen) atoms. The van der Waals surface area contributed by atoms with Gasteiger partial charge >= 0.3 is 0 Å². The lowest BCUT2D eigenvalue weighted by atomic mass is 10.1. The first kappa shape index (κ1) is 14.1. The van der Waals surface area contributed by atoms with Gasteiger partial charge in [-0.25, -0.2) is 4.98 Å². The molecule has 112 valence electrons. The van der Waals surface area contributed by atoms with Crippen molar-refractivity contribution in [3.63, 3.8) is 0 Å². The first-order chi connectivity index (χ1) is 10.3. The molecule has 0 unspecified atom stereocenters. The number of hydrogen-bond donors (Lipinski definition) is 1. The fraction of sp³-hybridized carbons (Fsp3) is 0.471. The van der Waals surface area contributed by atoms with Crippen LogP contribution < -0.4 is 10.1 Å². The summed E-state index contributed by atoms with van der Waals surface area (Å²) in [5.41, 5.74) is 2.27. The standard InChI is InChI=1S/C17H23N3O/c1-3-18-17-14(12-20-8-4-5-9-20)10-13-6-7-15(21-2)11-16(13)19-17/h6-7,10-11H,3-5,8-9,12H2,1-2H3,(H,18,19). The van der Waals surface area contributed by atoms with Gasteiger partial charge in [-0.2, -0.15) is 0 Å². The second-order valence-corrected chi connectivity index (χ2v) is 5.57. The SMILES string of the molecule is CCNc1nc2cc(OC)ccc2cc1CN1CCCC1. The highest BCUT2D eigenvalue weighted by Crippen LogP contribution is 2.26. The quantitative estimate of drug-likeness (QED) is 0.915. The predicted octanol–water partition coefficient (Wildman–Crippen LogP) is 3.27. The average Bonchev–Trinajstić information content (AvgIpc) is 3.00. The number of pyridine rings is 1. The highest BCUT2D eigenvalue weighted by atomic mass is 16.5. The van der Waals surface area contributed by atoms with Crippen LogP contribution in [0.15, 0.2) is 24.3 Å². The minimum absolute atomic E-state index is 0.852. The maximum absolute atomic E-state index is 5.29. The van der Waals surface area contributed by atoms with E-state index in [0.29, 0.717) is 0 Å². The lowest BCUT2D eigenvalue weighted by Gasteiger charge is -2.18. The number of nitrogens with zero attached hydrogens (tertiary/aromatic N) is 2. The van der Waals surface area contributed by atoms with Crippen molar-refractivity contribution in [1.29, 1.82) is 0 Å². The summed E-state index contributed by atoms with van der Waals surface area (Å²) in [6, 6.07) is 8.34. The summed E-state index contributed by atoms with van der Waals surface area (Å²) in [7, 11) is 1.69. The van der Waals surface area contributed by atoms with Crippen LogP contribution in [-0.4, -0.2) is 36.6 Å². The third-order valence-corrected chi connectivity index (χ3v) is 4.04. The Balaban J connectivity index is 1.97. The van der Waals surface area contributed by atoms with Gasteiger partial charge < -0.3 is 10.1 Å². The number of rotatable bonds is 5. The van der Waals surface area contributed by atoms with Crippen molar-refractivity contribution in [1.82, 2.24) is 9.88 Å². The van der Waals surface area contributed by atoms with E-state index in [1.165, 1.54) is 36.9 Å². The van der Waals surface area contributed by atoms with Crippen molar-refractivity contribution >= 4 is 16.7 Å². The van der Waals surface area contributed by atoms with Gasteiger partial charge in [0.15, 0.2) is 0 Å². The summed E-state index contributed by atoms with van der Waals surface area (Å²) in [6.07, 6.45) is 2.63. The Bertz CT molecular complexity index is 621. The van der Waals surface area contributed by atoms with E-state index in [0.717, 1.165) is 30.2 Å². The molecule has 0 aliphatic carbocycles. The van der Waals surface area contributed by atoms with Gasteiger partial charge in [0.05, 0.1) is 12.6 Å². The molecule has 3 rings (SSSR count). The topological polar surface area (TPSA) is 37.4 Å². The van der Waals surface area contributed by atoms with Crippen molar-refractivity contribution in [2.24, 2.45) is 0 Å². The van der Waals surface area contributed by atoms with E-state index >= 15 is 0 Å². The van der Waals surface area contributed by atoms with Crippen LogP contribution in [-0.2, 0) is 6.54 Å². The molecule has 0 saturated carbocycles. The van der Waals surface area contributed by atoms with E-state index in [2.05, 4.69) is 29.3 Å². The van der Waals surface area contributed by atoms with Crippen LogP contribution in [0.4, 0.5) is 5.82 Å².